The van der Waals surface area contributed by atoms with E-state index in [9.17, 15) is 14.7 Å². The van der Waals surface area contributed by atoms with E-state index in [1.807, 2.05) is 13.8 Å². The van der Waals surface area contributed by atoms with Gasteiger partial charge in [0, 0.05) is 7.05 Å². The molecule has 6 nitrogen and oxygen atoms in total. The molecule has 1 unspecified atom stereocenters. The predicted molar refractivity (Wildman–Crippen MR) is 100 cm³/mol. The number of hydrogen-bond donors (Lipinski definition) is 1. The number of ketones is 1. The van der Waals surface area contributed by atoms with Gasteiger partial charge in [-0.15, -0.1) is 0 Å². The summed E-state index contributed by atoms with van der Waals surface area (Å²) in [6.07, 6.45) is 4.33. The van der Waals surface area contributed by atoms with E-state index in [1.165, 1.54) is 23.3 Å². The third-order valence-electron chi connectivity index (χ3n) is 4.21. The molecule has 1 aromatic heterocycles. The van der Waals surface area contributed by atoms with Crippen molar-refractivity contribution in [3.8, 4) is 5.75 Å². The molecule has 0 saturated carbocycles. The minimum absolute atomic E-state index is 0.0411. The Labute approximate surface area is 157 Å². The van der Waals surface area contributed by atoms with Gasteiger partial charge in [0.2, 0.25) is 0 Å². The second kappa shape index (κ2) is 7.53. The molecule has 0 spiro atoms. The number of likely N-dealkylation sites (N-methyl/N-ethyl adjacent to an activating group) is 1. The van der Waals surface area contributed by atoms with Crippen molar-refractivity contribution in [1.82, 2.24) is 4.90 Å². The van der Waals surface area contributed by atoms with Crippen LogP contribution in [0.15, 0.2) is 64.5 Å². The van der Waals surface area contributed by atoms with Gasteiger partial charge in [0.25, 0.3) is 5.91 Å². The Balaban J connectivity index is 1.90. The van der Waals surface area contributed by atoms with Crippen molar-refractivity contribution in [2.45, 2.75) is 26.0 Å². The summed E-state index contributed by atoms with van der Waals surface area (Å²) in [6, 6.07) is 9.88. The predicted octanol–water partition coefficient (Wildman–Crippen LogP) is 3.67. The van der Waals surface area contributed by atoms with Crippen molar-refractivity contribution in [3.63, 3.8) is 0 Å². The lowest BCUT2D eigenvalue weighted by Crippen LogP contribution is -2.26. The standard InChI is InChI=1S/C21H21NO5/c1-13(2)27-16-8-6-14(7-9-16)19-18(20(24)21(25)22(19)3)17(23)11-10-15-5-4-12-26-15/h4-13,19,24H,1-3H3/b11-10+. The lowest BCUT2D eigenvalue weighted by molar-refractivity contribution is -0.128. The first-order valence-electron chi connectivity index (χ1n) is 8.61. The monoisotopic (exact) mass is 367 g/mol. The largest absolute Gasteiger partial charge is 0.503 e. The summed E-state index contributed by atoms with van der Waals surface area (Å²) in [5, 5.41) is 10.2. The van der Waals surface area contributed by atoms with Crippen molar-refractivity contribution in [2.24, 2.45) is 0 Å². The molecule has 6 heteroatoms. The molecule has 1 aromatic carbocycles. The summed E-state index contributed by atoms with van der Waals surface area (Å²) >= 11 is 0. The van der Waals surface area contributed by atoms with E-state index in [1.54, 1.807) is 43.4 Å². The quantitative estimate of drug-likeness (QED) is 0.788. The number of allylic oxidation sites excluding steroid dienone is 1. The fourth-order valence-electron chi connectivity index (χ4n) is 3.00. The lowest BCUT2D eigenvalue weighted by atomic mass is 9.96. The van der Waals surface area contributed by atoms with Crippen LogP contribution in [0.1, 0.15) is 31.2 Å². The molecule has 0 bridgehead atoms. The Morgan fingerprint density at radius 3 is 2.56 bits per heavy atom. The first-order valence-corrected chi connectivity index (χ1v) is 8.61. The molecule has 0 radical (unpaired) electrons. The molecule has 2 heterocycles. The normalized spacial score (nSPS) is 17.4. The number of nitrogens with zero attached hydrogens (tertiary/aromatic N) is 1. The van der Waals surface area contributed by atoms with Gasteiger partial charge in [-0.05, 0) is 55.8 Å². The first-order chi connectivity index (χ1) is 12.9. The average molecular weight is 367 g/mol. The average Bonchev–Trinajstić information content (AvgIpc) is 3.23. The maximum absolute atomic E-state index is 12.7. The van der Waals surface area contributed by atoms with Crippen molar-refractivity contribution in [2.75, 3.05) is 7.05 Å². The van der Waals surface area contributed by atoms with E-state index in [2.05, 4.69) is 0 Å². The molecule has 1 atom stereocenters. The van der Waals surface area contributed by atoms with E-state index in [4.69, 9.17) is 9.15 Å². The molecule has 0 aliphatic carbocycles. The number of aliphatic hydroxyl groups is 1. The van der Waals surface area contributed by atoms with Crippen LogP contribution < -0.4 is 4.74 Å². The van der Waals surface area contributed by atoms with E-state index >= 15 is 0 Å². The molecule has 0 fully saturated rings. The summed E-state index contributed by atoms with van der Waals surface area (Å²) in [4.78, 5) is 26.3. The number of amides is 1. The van der Waals surface area contributed by atoms with Crippen LogP contribution in [0.5, 0.6) is 5.75 Å². The van der Waals surface area contributed by atoms with Crippen LogP contribution in [-0.2, 0) is 9.59 Å². The fraction of sp³-hybridized carbons (Fsp3) is 0.238. The summed E-state index contributed by atoms with van der Waals surface area (Å²) in [5.74, 6) is -0.363. The first kappa shape index (κ1) is 18.5. The van der Waals surface area contributed by atoms with Crippen LogP contribution in [-0.4, -0.2) is 34.8 Å². The minimum Gasteiger partial charge on any atom is -0.503 e. The Morgan fingerprint density at radius 1 is 1.26 bits per heavy atom. The molecule has 1 N–H and O–H groups in total. The van der Waals surface area contributed by atoms with Gasteiger partial charge in [-0.1, -0.05) is 12.1 Å². The fourth-order valence-corrected chi connectivity index (χ4v) is 3.00. The number of hydrogen-bond acceptors (Lipinski definition) is 5. The van der Waals surface area contributed by atoms with Gasteiger partial charge in [0.15, 0.2) is 11.5 Å². The second-order valence-corrected chi connectivity index (χ2v) is 6.53. The number of furan rings is 1. The lowest BCUT2D eigenvalue weighted by Gasteiger charge is -2.22. The Morgan fingerprint density at radius 2 is 1.96 bits per heavy atom. The maximum atomic E-state index is 12.7. The van der Waals surface area contributed by atoms with Gasteiger partial charge in [-0.3, -0.25) is 9.59 Å². The topological polar surface area (TPSA) is 80.0 Å². The zero-order valence-corrected chi connectivity index (χ0v) is 15.4. The number of carbonyl (C=O) groups is 2. The van der Waals surface area contributed by atoms with Gasteiger partial charge in [-0.25, -0.2) is 0 Å². The Bertz CT molecular complexity index is 891. The zero-order chi connectivity index (χ0) is 19.6. The van der Waals surface area contributed by atoms with Crippen LogP contribution >= 0.6 is 0 Å². The molecule has 1 aliphatic heterocycles. The molecular weight excluding hydrogens is 346 g/mol. The molecule has 1 amide bonds. The minimum atomic E-state index is -0.667. The Hall–Kier alpha value is -3.28. The third kappa shape index (κ3) is 3.79. The molecule has 0 saturated heterocycles. The van der Waals surface area contributed by atoms with Gasteiger partial charge < -0.3 is 19.2 Å². The van der Waals surface area contributed by atoms with E-state index in [0.717, 1.165) is 0 Å². The van der Waals surface area contributed by atoms with Crippen LogP contribution in [0, 0.1) is 0 Å². The van der Waals surface area contributed by atoms with Crippen molar-refractivity contribution in [3.05, 3.63) is 71.4 Å². The molecule has 2 aromatic rings. The SMILES string of the molecule is CC(C)Oc1ccc(C2C(C(=O)/C=C/c3ccco3)=C(O)C(=O)N2C)cc1. The summed E-state index contributed by atoms with van der Waals surface area (Å²) in [7, 11) is 1.55. The van der Waals surface area contributed by atoms with Crippen LogP contribution in [0.2, 0.25) is 0 Å². The van der Waals surface area contributed by atoms with Gasteiger partial charge in [0.1, 0.15) is 11.5 Å². The van der Waals surface area contributed by atoms with Crippen molar-refractivity contribution in [1.29, 1.82) is 0 Å². The number of rotatable bonds is 6. The van der Waals surface area contributed by atoms with Gasteiger partial charge >= 0.3 is 0 Å². The summed E-state index contributed by atoms with van der Waals surface area (Å²) in [6.45, 7) is 3.86. The molecule has 27 heavy (non-hydrogen) atoms. The summed E-state index contributed by atoms with van der Waals surface area (Å²) < 4.78 is 10.8. The third-order valence-corrected chi connectivity index (χ3v) is 4.21. The molecular formula is C21H21NO5. The van der Waals surface area contributed by atoms with E-state index in [0.29, 0.717) is 17.1 Å². The molecule has 1 aliphatic rings. The number of aliphatic hydroxyl groups excluding tert-OH is 1. The van der Waals surface area contributed by atoms with Crippen molar-refractivity contribution >= 4 is 17.8 Å². The number of carbonyl (C=O) groups excluding carboxylic acids is 2. The zero-order valence-electron chi connectivity index (χ0n) is 15.4. The highest BCUT2D eigenvalue weighted by Gasteiger charge is 2.40. The highest BCUT2D eigenvalue weighted by molar-refractivity contribution is 6.14. The number of benzene rings is 1. The maximum Gasteiger partial charge on any atom is 0.289 e. The molecule has 3 rings (SSSR count). The smallest absolute Gasteiger partial charge is 0.289 e. The van der Waals surface area contributed by atoms with Crippen molar-refractivity contribution < 1.29 is 23.8 Å². The van der Waals surface area contributed by atoms with Crippen LogP contribution in [0.25, 0.3) is 6.08 Å². The Kier molecular flexibility index (Phi) is 5.16. The van der Waals surface area contributed by atoms with Gasteiger partial charge in [-0.2, -0.15) is 0 Å². The second-order valence-electron chi connectivity index (χ2n) is 6.53. The van der Waals surface area contributed by atoms with E-state index < -0.39 is 23.5 Å². The number of ether oxygens (including phenoxy) is 1. The van der Waals surface area contributed by atoms with Gasteiger partial charge in [0.05, 0.1) is 24.0 Å². The molecule has 140 valence electrons. The highest BCUT2D eigenvalue weighted by Crippen LogP contribution is 2.37. The van der Waals surface area contributed by atoms with E-state index in [-0.39, 0.29) is 11.7 Å². The van der Waals surface area contributed by atoms with Crippen LogP contribution in [0.4, 0.5) is 0 Å². The van der Waals surface area contributed by atoms with Crippen LogP contribution in [0.3, 0.4) is 0 Å². The summed E-state index contributed by atoms with van der Waals surface area (Å²) in [5.41, 5.74) is 0.753. The highest BCUT2D eigenvalue weighted by atomic mass is 16.5.